The van der Waals surface area contributed by atoms with Crippen LogP contribution in [0.25, 0.3) is 0 Å². The van der Waals surface area contributed by atoms with E-state index in [4.69, 9.17) is 4.42 Å². The third kappa shape index (κ3) is 3.55. The first-order valence-electron chi connectivity index (χ1n) is 5.62. The van der Waals surface area contributed by atoms with E-state index in [-0.39, 0.29) is 23.2 Å². The van der Waals surface area contributed by atoms with Crippen LogP contribution in [0.1, 0.15) is 31.6 Å². The molecule has 1 aliphatic rings. The molecule has 100 valence electrons. The highest BCUT2D eigenvalue weighted by atomic mass is 32.2. The maximum atomic E-state index is 11.3. The number of rotatable bonds is 5. The van der Waals surface area contributed by atoms with Gasteiger partial charge < -0.3 is 4.42 Å². The van der Waals surface area contributed by atoms with Crippen molar-refractivity contribution < 1.29 is 17.6 Å². The Bertz CT molecular complexity index is 538. The number of hydrogen-bond acceptors (Lipinski definition) is 7. The van der Waals surface area contributed by atoms with Gasteiger partial charge in [0.05, 0.1) is 17.4 Å². The molecule has 0 N–H and O–H groups in total. The molecule has 1 saturated heterocycles. The molecule has 6 nitrogen and oxygen atoms in total. The lowest BCUT2D eigenvalue weighted by molar-refractivity contribution is -0.116. The summed E-state index contributed by atoms with van der Waals surface area (Å²) in [5.74, 6) is 1.20. The molecule has 0 aliphatic carbocycles. The van der Waals surface area contributed by atoms with Crippen molar-refractivity contribution >= 4 is 27.4 Å². The van der Waals surface area contributed by atoms with Crippen molar-refractivity contribution in [2.45, 2.75) is 30.9 Å². The molecule has 18 heavy (non-hydrogen) atoms. The number of Topliss-reactive ketones (excluding diaryl/α,β-unsaturated/α-hetero) is 1. The Hall–Kier alpha value is -0.890. The normalized spacial score (nSPS) is 22.2. The van der Waals surface area contributed by atoms with Gasteiger partial charge in [0.15, 0.2) is 9.84 Å². The SMILES string of the molecule is CC(=O)CCSc1nnc([C@H]2CCS(=O)(=O)C2)o1. The summed E-state index contributed by atoms with van der Waals surface area (Å²) < 4.78 is 28.1. The van der Waals surface area contributed by atoms with E-state index in [9.17, 15) is 13.2 Å². The standard InChI is InChI=1S/C10H14N2O4S2/c1-7(13)2-4-17-10-12-11-9(16-10)8-3-5-18(14,15)6-8/h8H,2-6H2,1H3/t8-/m0/s1. The second-order valence-corrected chi connectivity index (χ2v) is 7.58. The molecule has 1 aromatic rings. The summed E-state index contributed by atoms with van der Waals surface area (Å²) in [6.45, 7) is 1.53. The number of thioether (sulfide) groups is 1. The Balaban J connectivity index is 1.92. The van der Waals surface area contributed by atoms with E-state index in [1.54, 1.807) is 0 Å². The lowest BCUT2D eigenvalue weighted by atomic mass is 10.1. The molecule has 2 heterocycles. The fourth-order valence-electron chi connectivity index (χ4n) is 1.72. The molecule has 8 heteroatoms. The van der Waals surface area contributed by atoms with Gasteiger partial charge in [0, 0.05) is 12.2 Å². The number of sulfone groups is 1. The second-order valence-electron chi connectivity index (χ2n) is 4.31. The van der Waals surface area contributed by atoms with Crippen LogP contribution >= 0.6 is 11.8 Å². The first-order valence-corrected chi connectivity index (χ1v) is 8.43. The largest absolute Gasteiger partial charge is 0.416 e. The maximum Gasteiger partial charge on any atom is 0.276 e. The lowest BCUT2D eigenvalue weighted by Gasteiger charge is -1.99. The monoisotopic (exact) mass is 290 g/mol. The summed E-state index contributed by atoms with van der Waals surface area (Å²) >= 11 is 1.32. The first kappa shape index (κ1) is 13.5. The zero-order valence-electron chi connectivity index (χ0n) is 9.96. The minimum Gasteiger partial charge on any atom is -0.416 e. The molecule has 0 unspecified atom stereocenters. The van der Waals surface area contributed by atoms with Crippen LogP contribution in [0.2, 0.25) is 0 Å². The third-order valence-electron chi connectivity index (χ3n) is 2.68. The molecule has 1 atom stereocenters. The number of hydrogen-bond donors (Lipinski definition) is 0. The van der Waals surface area contributed by atoms with E-state index in [0.29, 0.717) is 29.7 Å². The van der Waals surface area contributed by atoms with Crippen molar-refractivity contribution in [2.24, 2.45) is 0 Å². The summed E-state index contributed by atoms with van der Waals surface area (Å²) in [4.78, 5) is 10.8. The smallest absolute Gasteiger partial charge is 0.276 e. The van der Waals surface area contributed by atoms with Gasteiger partial charge in [-0.2, -0.15) is 0 Å². The predicted octanol–water partition coefficient (Wildman–Crippen LogP) is 1.04. The molecular weight excluding hydrogens is 276 g/mol. The minimum absolute atomic E-state index is 0.0900. The first-order chi connectivity index (χ1) is 8.46. The van der Waals surface area contributed by atoms with Crippen molar-refractivity contribution in [2.75, 3.05) is 17.3 Å². The van der Waals surface area contributed by atoms with Crippen LogP contribution in [0, 0.1) is 0 Å². The zero-order valence-corrected chi connectivity index (χ0v) is 11.6. The van der Waals surface area contributed by atoms with Gasteiger partial charge in [-0.25, -0.2) is 8.42 Å². The summed E-state index contributed by atoms with van der Waals surface area (Å²) in [5.41, 5.74) is 0. The Morgan fingerprint density at radius 2 is 2.28 bits per heavy atom. The number of carbonyl (C=O) groups is 1. The van der Waals surface area contributed by atoms with Crippen molar-refractivity contribution in [3.8, 4) is 0 Å². The Morgan fingerprint density at radius 3 is 2.89 bits per heavy atom. The molecule has 2 rings (SSSR count). The number of carbonyl (C=O) groups excluding carboxylic acids is 1. The second kappa shape index (κ2) is 5.40. The van der Waals surface area contributed by atoms with Crippen LogP contribution in [0.5, 0.6) is 0 Å². The average Bonchev–Trinajstić information content (AvgIpc) is 2.84. The summed E-state index contributed by atoms with van der Waals surface area (Å²) in [5, 5.41) is 8.12. The predicted molar refractivity (Wildman–Crippen MR) is 66.3 cm³/mol. The van der Waals surface area contributed by atoms with Crippen molar-refractivity contribution in [3.05, 3.63) is 5.89 Å². The lowest BCUT2D eigenvalue weighted by Crippen LogP contribution is -2.03. The highest BCUT2D eigenvalue weighted by molar-refractivity contribution is 7.99. The van der Waals surface area contributed by atoms with Crippen LogP contribution in [0.15, 0.2) is 9.64 Å². The van der Waals surface area contributed by atoms with E-state index in [1.165, 1.54) is 18.7 Å². The van der Waals surface area contributed by atoms with Gasteiger partial charge in [0.1, 0.15) is 5.78 Å². The highest BCUT2D eigenvalue weighted by Gasteiger charge is 2.32. The molecule has 1 aliphatic heterocycles. The van der Waals surface area contributed by atoms with E-state index in [2.05, 4.69) is 10.2 Å². The van der Waals surface area contributed by atoms with Crippen LogP contribution in [-0.4, -0.2) is 41.7 Å². The third-order valence-corrected chi connectivity index (χ3v) is 5.27. The number of nitrogens with zero attached hydrogens (tertiary/aromatic N) is 2. The molecule has 0 bridgehead atoms. The Morgan fingerprint density at radius 1 is 1.50 bits per heavy atom. The molecule has 0 spiro atoms. The van der Waals surface area contributed by atoms with Gasteiger partial charge in [-0.3, -0.25) is 4.79 Å². The molecule has 0 radical (unpaired) electrons. The molecule has 0 amide bonds. The van der Waals surface area contributed by atoms with Crippen LogP contribution in [-0.2, 0) is 14.6 Å². The number of ketones is 1. The Kier molecular flexibility index (Phi) is 4.06. The topological polar surface area (TPSA) is 90.1 Å². The molecule has 0 aromatic carbocycles. The summed E-state index contributed by atoms with van der Waals surface area (Å²) in [7, 11) is -2.94. The van der Waals surface area contributed by atoms with Crippen LogP contribution in [0.3, 0.4) is 0 Å². The quantitative estimate of drug-likeness (QED) is 0.748. The van der Waals surface area contributed by atoms with Crippen LogP contribution < -0.4 is 0 Å². The fourth-order valence-corrected chi connectivity index (χ4v) is 4.26. The van der Waals surface area contributed by atoms with Crippen molar-refractivity contribution in [3.63, 3.8) is 0 Å². The van der Waals surface area contributed by atoms with E-state index >= 15 is 0 Å². The van der Waals surface area contributed by atoms with Gasteiger partial charge in [0.2, 0.25) is 5.89 Å². The summed E-state index contributed by atoms with van der Waals surface area (Å²) in [6.07, 6.45) is 1.00. The van der Waals surface area contributed by atoms with E-state index in [1.807, 2.05) is 0 Å². The van der Waals surface area contributed by atoms with Gasteiger partial charge in [-0.05, 0) is 13.3 Å². The van der Waals surface area contributed by atoms with Crippen molar-refractivity contribution in [1.82, 2.24) is 10.2 Å². The minimum atomic E-state index is -2.94. The summed E-state index contributed by atoms with van der Waals surface area (Å²) in [6, 6.07) is 0. The molecule has 1 fully saturated rings. The van der Waals surface area contributed by atoms with Crippen molar-refractivity contribution in [1.29, 1.82) is 0 Å². The van der Waals surface area contributed by atoms with Gasteiger partial charge in [-0.1, -0.05) is 11.8 Å². The molecule has 0 saturated carbocycles. The molecule has 1 aromatic heterocycles. The fraction of sp³-hybridized carbons (Fsp3) is 0.700. The highest BCUT2D eigenvalue weighted by Crippen LogP contribution is 2.29. The van der Waals surface area contributed by atoms with E-state index in [0.717, 1.165) is 0 Å². The van der Waals surface area contributed by atoms with Gasteiger partial charge in [0.25, 0.3) is 5.22 Å². The van der Waals surface area contributed by atoms with Gasteiger partial charge >= 0.3 is 0 Å². The average molecular weight is 290 g/mol. The Labute approximate surface area is 109 Å². The van der Waals surface area contributed by atoms with Gasteiger partial charge in [-0.15, -0.1) is 10.2 Å². The van der Waals surface area contributed by atoms with Crippen LogP contribution in [0.4, 0.5) is 0 Å². The van der Waals surface area contributed by atoms with E-state index < -0.39 is 9.84 Å². The number of aromatic nitrogens is 2. The zero-order chi connectivity index (χ0) is 13.2. The molecular formula is C10H14N2O4S2. The maximum absolute atomic E-state index is 11.3.